The normalized spacial score (nSPS) is 22.7. The maximum absolute atomic E-state index is 12.5. The van der Waals surface area contributed by atoms with E-state index in [4.69, 9.17) is 11.6 Å². The molecule has 0 radical (unpaired) electrons. The zero-order valence-electron chi connectivity index (χ0n) is 11.7. The van der Waals surface area contributed by atoms with Gasteiger partial charge in [-0.15, -0.1) is 0 Å². The summed E-state index contributed by atoms with van der Waals surface area (Å²) in [6.07, 6.45) is 0.287. The number of anilines is 1. The molecule has 21 heavy (non-hydrogen) atoms. The van der Waals surface area contributed by atoms with E-state index in [1.165, 1.54) is 0 Å². The lowest BCUT2D eigenvalue weighted by Gasteiger charge is -2.29. The number of carbonyl (C=O) groups excluding carboxylic acids is 2. The van der Waals surface area contributed by atoms with Crippen molar-refractivity contribution < 1.29 is 9.59 Å². The van der Waals surface area contributed by atoms with E-state index >= 15 is 0 Å². The van der Waals surface area contributed by atoms with E-state index in [1.807, 2.05) is 17.0 Å². The molecule has 1 N–H and O–H groups in total. The SMILES string of the molecule is O=C([C@@H]1CC(=O)N(c2cccc(Cl)c2)C1)N1CCNCC1. The van der Waals surface area contributed by atoms with E-state index in [0.717, 1.165) is 31.9 Å². The summed E-state index contributed by atoms with van der Waals surface area (Å²) in [5.41, 5.74) is 0.767. The average Bonchev–Trinajstić information content (AvgIpc) is 2.89. The molecule has 1 atom stereocenters. The number of hydrogen-bond donors (Lipinski definition) is 1. The predicted octanol–water partition coefficient (Wildman–Crippen LogP) is 1.12. The van der Waals surface area contributed by atoms with E-state index in [-0.39, 0.29) is 24.2 Å². The quantitative estimate of drug-likeness (QED) is 0.891. The van der Waals surface area contributed by atoms with E-state index in [9.17, 15) is 9.59 Å². The first-order valence-corrected chi connectivity index (χ1v) is 7.58. The third kappa shape index (κ3) is 3.04. The summed E-state index contributed by atoms with van der Waals surface area (Å²) in [5, 5.41) is 3.82. The average molecular weight is 308 g/mol. The van der Waals surface area contributed by atoms with Crippen LogP contribution in [0.2, 0.25) is 5.02 Å². The molecule has 0 bridgehead atoms. The summed E-state index contributed by atoms with van der Waals surface area (Å²) >= 11 is 5.97. The molecule has 2 amide bonds. The Morgan fingerprint density at radius 1 is 1.29 bits per heavy atom. The molecule has 5 nitrogen and oxygen atoms in total. The Bertz CT molecular complexity index is 558. The van der Waals surface area contributed by atoms with Crippen LogP contribution in [0, 0.1) is 5.92 Å². The van der Waals surface area contributed by atoms with Crippen molar-refractivity contribution in [3.05, 3.63) is 29.3 Å². The summed E-state index contributed by atoms with van der Waals surface area (Å²) in [6, 6.07) is 7.20. The first-order chi connectivity index (χ1) is 10.1. The highest BCUT2D eigenvalue weighted by Gasteiger charge is 2.37. The van der Waals surface area contributed by atoms with Gasteiger partial charge in [0.25, 0.3) is 0 Å². The first-order valence-electron chi connectivity index (χ1n) is 7.20. The Morgan fingerprint density at radius 2 is 2.05 bits per heavy atom. The highest BCUT2D eigenvalue weighted by Crippen LogP contribution is 2.28. The van der Waals surface area contributed by atoms with Crippen LogP contribution in [-0.4, -0.2) is 49.4 Å². The molecule has 3 rings (SSSR count). The molecule has 2 heterocycles. The summed E-state index contributed by atoms with van der Waals surface area (Å²) in [6.45, 7) is 3.54. The number of piperazine rings is 1. The van der Waals surface area contributed by atoms with Gasteiger partial charge in [0.05, 0.1) is 5.92 Å². The lowest BCUT2D eigenvalue weighted by molar-refractivity contribution is -0.136. The van der Waals surface area contributed by atoms with Crippen molar-refractivity contribution in [1.29, 1.82) is 0 Å². The molecule has 2 aliphatic rings. The van der Waals surface area contributed by atoms with Gasteiger partial charge in [-0.25, -0.2) is 0 Å². The number of carbonyl (C=O) groups is 2. The van der Waals surface area contributed by atoms with Gasteiger partial charge in [-0.1, -0.05) is 17.7 Å². The monoisotopic (exact) mass is 307 g/mol. The summed E-state index contributed by atoms with van der Waals surface area (Å²) < 4.78 is 0. The number of nitrogens with zero attached hydrogens (tertiary/aromatic N) is 2. The third-order valence-electron chi connectivity index (χ3n) is 4.02. The van der Waals surface area contributed by atoms with Crippen LogP contribution in [0.15, 0.2) is 24.3 Å². The molecular formula is C15H18ClN3O2. The third-order valence-corrected chi connectivity index (χ3v) is 4.26. The van der Waals surface area contributed by atoms with Crippen molar-refractivity contribution in [2.24, 2.45) is 5.92 Å². The van der Waals surface area contributed by atoms with Gasteiger partial charge in [0.15, 0.2) is 0 Å². The lowest BCUT2D eigenvalue weighted by atomic mass is 10.1. The van der Waals surface area contributed by atoms with Crippen LogP contribution in [0.4, 0.5) is 5.69 Å². The summed E-state index contributed by atoms with van der Waals surface area (Å²) in [4.78, 5) is 28.2. The van der Waals surface area contributed by atoms with Gasteiger partial charge in [0, 0.05) is 49.9 Å². The maximum atomic E-state index is 12.5. The number of hydrogen-bond acceptors (Lipinski definition) is 3. The number of amides is 2. The van der Waals surface area contributed by atoms with Gasteiger partial charge in [-0.3, -0.25) is 9.59 Å². The van der Waals surface area contributed by atoms with Crippen molar-refractivity contribution in [3.63, 3.8) is 0 Å². The van der Waals surface area contributed by atoms with E-state index in [0.29, 0.717) is 11.6 Å². The fourth-order valence-corrected chi connectivity index (χ4v) is 3.09. The fraction of sp³-hybridized carbons (Fsp3) is 0.467. The van der Waals surface area contributed by atoms with Gasteiger partial charge >= 0.3 is 0 Å². The van der Waals surface area contributed by atoms with Gasteiger partial charge < -0.3 is 15.1 Å². The molecule has 2 aliphatic heterocycles. The Balaban J connectivity index is 1.70. The minimum absolute atomic E-state index is 0.00856. The van der Waals surface area contributed by atoms with Crippen LogP contribution in [-0.2, 0) is 9.59 Å². The molecule has 1 aromatic carbocycles. The molecule has 0 aromatic heterocycles. The molecule has 6 heteroatoms. The minimum Gasteiger partial charge on any atom is -0.340 e. The number of halogens is 1. The molecule has 0 spiro atoms. The van der Waals surface area contributed by atoms with Crippen LogP contribution in [0.5, 0.6) is 0 Å². The molecule has 0 saturated carbocycles. The van der Waals surface area contributed by atoms with Crippen molar-refractivity contribution in [3.8, 4) is 0 Å². The number of nitrogens with one attached hydrogen (secondary N) is 1. The largest absolute Gasteiger partial charge is 0.340 e. The van der Waals surface area contributed by atoms with E-state index < -0.39 is 0 Å². The maximum Gasteiger partial charge on any atom is 0.228 e. The van der Waals surface area contributed by atoms with E-state index in [1.54, 1.807) is 17.0 Å². The van der Waals surface area contributed by atoms with E-state index in [2.05, 4.69) is 5.32 Å². The van der Waals surface area contributed by atoms with Crippen LogP contribution in [0.1, 0.15) is 6.42 Å². The molecule has 112 valence electrons. The number of rotatable bonds is 2. The predicted molar refractivity (Wildman–Crippen MR) is 81.4 cm³/mol. The van der Waals surface area contributed by atoms with Crippen LogP contribution in [0.25, 0.3) is 0 Å². The second kappa shape index (κ2) is 6.03. The minimum atomic E-state index is -0.241. The highest BCUT2D eigenvalue weighted by molar-refractivity contribution is 6.30. The molecular weight excluding hydrogens is 290 g/mol. The van der Waals surface area contributed by atoms with Gasteiger partial charge in [-0.05, 0) is 18.2 Å². The second-order valence-corrected chi connectivity index (χ2v) is 5.90. The van der Waals surface area contributed by atoms with Crippen LogP contribution < -0.4 is 10.2 Å². The molecule has 2 saturated heterocycles. The standard InChI is InChI=1S/C15H18ClN3O2/c16-12-2-1-3-13(9-12)19-10-11(8-14(19)20)15(21)18-6-4-17-5-7-18/h1-3,9,11,17H,4-8,10H2/t11-/m1/s1. The Labute approximate surface area is 128 Å². The van der Waals surface area contributed by atoms with Gasteiger partial charge in [-0.2, -0.15) is 0 Å². The second-order valence-electron chi connectivity index (χ2n) is 5.46. The van der Waals surface area contributed by atoms with Crippen molar-refractivity contribution >= 4 is 29.1 Å². The molecule has 1 aromatic rings. The zero-order chi connectivity index (χ0) is 14.8. The van der Waals surface area contributed by atoms with Crippen LogP contribution >= 0.6 is 11.6 Å². The summed E-state index contributed by atoms with van der Waals surface area (Å²) in [7, 11) is 0. The molecule has 0 unspecified atom stereocenters. The molecule has 2 fully saturated rings. The van der Waals surface area contributed by atoms with Gasteiger partial charge in [0.2, 0.25) is 11.8 Å². The smallest absolute Gasteiger partial charge is 0.228 e. The van der Waals surface area contributed by atoms with Crippen LogP contribution in [0.3, 0.4) is 0 Å². The number of benzene rings is 1. The Hall–Kier alpha value is -1.59. The first kappa shape index (κ1) is 14.4. The van der Waals surface area contributed by atoms with Crippen molar-refractivity contribution in [2.75, 3.05) is 37.6 Å². The molecule has 0 aliphatic carbocycles. The fourth-order valence-electron chi connectivity index (χ4n) is 2.91. The van der Waals surface area contributed by atoms with Crippen molar-refractivity contribution in [2.45, 2.75) is 6.42 Å². The topological polar surface area (TPSA) is 52.7 Å². The Kier molecular flexibility index (Phi) is 4.12. The van der Waals surface area contributed by atoms with Gasteiger partial charge in [0.1, 0.15) is 0 Å². The lowest BCUT2D eigenvalue weighted by Crippen LogP contribution is -2.48. The van der Waals surface area contributed by atoms with Crippen molar-refractivity contribution in [1.82, 2.24) is 10.2 Å². The summed E-state index contributed by atoms with van der Waals surface area (Å²) in [5.74, 6) is -0.158. The Morgan fingerprint density at radius 3 is 2.76 bits per heavy atom. The zero-order valence-corrected chi connectivity index (χ0v) is 12.5. The highest BCUT2D eigenvalue weighted by atomic mass is 35.5.